The molecule has 9 heteroatoms. The minimum absolute atomic E-state index is 0.0840. The first-order valence-corrected chi connectivity index (χ1v) is 8.39. The zero-order valence-corrected chi connectivity index (χ0v) is 15.0. The van der Waals surface area contributed by atoms with E-state index in [-0.39, 0.29) is 23.0 Å². The molecule has 1 aromatic carbocycles. The fourth-order valence-corrected chi connectivity index (χ4v) is 2.88. The van der Waals surface area contributed by atoms with Crippen LogP contribution >= 0.6 is 11.6 Å². The van der Waals surface area contributed by atoms with Crippen molar-refractivity contribution in [3.63, 3.8) is 0 Å². The molecule has 1 aromatic rings. The molecule has 0 saturated heterocycles. The van der Waals surface area contributed by atoms with Crippen molar-refractivity contribution < 1.29 is 27.5 Å². The van der Waals surface area contributed by atoms with E-state index >= 15 is 0 Å². The highest BCUT2D eigenvalue weighted by Gasteiger charge is 2.42. The zero-order valence-electron chi connectivity index (χ0n) is 14.2. The first kappa shape index (κ1) is 20.4. The number of hydrogen-bond acceptors (Lipinski definition) is 4. The molecule has 0 radical (unpaired) electrons. The van der Waals surface area contributed by atoms with Gasteiger partial charge in [-0.2, -0.15) is 13.2 Å². The van der Waals surface area contributed by atoms with Gasteiger partial charge in [-0.25, -0.2) is 0 Å². The monoisotopic (exact) mass is 390 g/mol. The Morgan fingerprint density at radius 1 is 1.38 bits per heavy atom. The number of alkyl halides is 3. The highest BCUT2D eigenvalue weighted by molar-refractivity contribution is 6.35. The van der Waals surface area contributed by atoms with Crippen LogP contribution in [0.2, 0.25) is 5.02 Å². The minimum atomic E-state index is -4.72. The van der Waals surface area contributed by atoms with Gasteiger partial charge < -0.3 is 10.1 Å². The maximum Gasteiger partial charge on any atom is 0.418 e. The van der Waals surface area contributed by atoms with Gasteiger partial charge >= 0.3 is 6.18 Å². The summed E-state index contributed by atoms with van der Waals surface area (Å²) in [6.07, 6.45) is -4.21. The van der Waals surface area contributed by atoms with Crippen LogP contribution in [0.1, 0.15) is 36.2 Å². The number of anilines is 1. The summed E-state index contributed by atoms with van der Waals surface area (Å²) in [5.74, 6) is -2.61. The van der Waals surface area contributed by atoms with E-state index in [1.54, 1.807) is 0 Å². The maximum atomic E-state index is 13.3. The van der Waals surface area contributed by atoms with E-state index in [1.165, 1.54) is 6.92 Å². The summed E-state index contributed by atoms with van der Waals surface area (Å²) in [6.45, 7) is 4.20. The molecule has 5 nitrogen and oxygen atoms in total. The molecule has 0 aromatic heterocycles. The van der Waals surface area contributed by atoms with Crippen LogP contribution in [0.5, 0.6) is 0 Å². The van der Waals surface area contributed by atoms with Gasteiger partial charge in [0, 0.05) is 30.3 Å². The number of rotatable bonds is 6. The van der Waals surface area contributed by atoms with Crippen LogP contribution < -0.4 is 5.32 Å². The number of halogens is 4. The Bertz CT molecular complexity index is 748. The number of ketones is 2. The van der Waals surface area contributed by atoms with Crippen molar-refractivity contribution in [3.05, 3.63) is 28.3 Å². The molecule has 26 heavy (non-hydrogen) atoms. The number of nitrogens with zero attached hydrogens (tertiary/aromatic N) is 1. The van der Waals surface area contributed by atoms with Crippen LogP contribution in [0, 0.1) is 5.92 Å². The topological polar surface area (TPSA) is 67.8 Å². The SMILES string of the molecule is CCOCCCN=C1Nc2c(cc(Cl)cc2C(F)(F)F)C(=O)C1C(C)=O. The van der Waals surface area contributed by atoms with E-state index < -0.39 is 34.9 Å². The highest BCUT2D eigenvalue weighted by atomic mass is 35.5. The predicted octanol–water partition coefficient (Wildman–Crippen LogP) is 4.00. The molecule has 1 atom stereocenters. The number of ether oxygens (including phenoxy) is 1. The number of amidine groups is 1. The van der Waals surface area contributed by atoms with E-state index in [9.17, 15) is 22.8 Å². The fraction of sp³-hybridized carbons (Fsp3) is 0.471. The largest absolute Gasteiger partial charge is 0.418 e. The van der Waals surface area contributed by atoms with Crippen molar-refractivity contribution in [3.8, 4) is 0 Å². The van der Waals surface area contributed by atoms with Crippen molar-refractivity contribution in [2.75, 3.05) is 25.1 Å². The lowest BCUT2D eigenvalue weighted by Crippen LogP contribution is -2.40. The molecular weight excluding hydrogens is 373 g/mol. The van der Waals surface area contributed by atoms with Gasteiger partial charge in [0.25, 0.3) is 0 Å². The first-order valence-electron chi connectivity index (χ1n) is 8.01. The summed E-state index contributed by atoms with van der Waals surface area (Å²) >= 11 is 5.74. The second-order valence-electron chi connectivity index (χ2n) is 5.72. The molecule has 0 aliphatic carbocycles. The highest BCUT2D eigenvalue weighted by Crippen LogP contribution is 2.41. The number of fused-ring (bicyclic) bond motifs is 1. The van der Waals surface area contributed by atoms with Gasteiger partial charge in [0.05, 0.1) is 11.3 Å². The van der Waals surface area contributed by atoms with Gasteiger partial charge in [0.1, 0.15) is 17.5 Å². The minimum Gasteiger partial charge on any atom is -0.382 e. The average Bonchev–Trinajstić information content (AvgIpc) is 2.53. The van der Waals surface area contributed by atoms with Crippen molar-refractivity contribution >= 4 is 34.7 Å². The van der Waals surface area contributed by atoms with Crippen molar-refractivity contribution in [1.29, 1.82) is 0 Å². The summed E-state index contributed by atoms with van der Waals surface area (Å²) in [7, 11) is 0. The smallest absolute Gasteiger partial charge is 0.382 e. The van der Waals surface area contributed by atoms with E-state index in [4.69, 9.17) is 16.3 Å². The lowest BCUT2D eigenvalue weighted by molar-refractivity contribution is -0.136. The summed E-state index contributed by atoms with van der Waals surface area (Å²) in [5, 5.41) is 2.31. The normalized spacial score (nSPS) is 18.6. The number of hydrogen-bond donors (Lipinski definition) is 1. The second kappa shape index (κ2) is 8.18. The molecule has 142 valence electrons. The zero-order chi connectivity index (χ0) is 19.5. The summed E-state index contributed by atoms with van der Waals surface area (Å²) in [5.41, 5.74) is -1.76. The number of benzene rings is 1. The van der Waals surface area contributed by atoms with E-state index in [0.717, 1.165) is 12.1 Å². The number of carbonyl (C=O) groups is 2. The lowest BCUT2D eigenvalue weighted by atomic mass is 9.87. The number of nitrogens with one attached hydrogen (secondary N) is 1. The van der Waals surface area contributed by atoms with Gasteiger partial charge in [0.15, 0.2) is 5.78 Å². The van der Waals surface area contributed by atoms with E-state index in [0.29, 0.717) is 19.6 Å². The molecule has 1 aliphatic rings. The summed E-state index contributed by atoms with van der Waals surface area (Å²) < 4.78 is 45.1. The van der Waals surface area contributed by atoms with Crippen LogP contribution in [-0.2, 0) is 15.7 Å². The third kappa shape index (κ3) is 4.42. The molecule has 1 N–H and O–H groups in total. The van der Waals surface area contributed by atoms with Crippen molar-refractivity contribution in [1.82, 2.24) is 0 Å². The Hall–Kier alpha value is -1.93. The Kier molecular flexibility index (Phi) is 6.41. The standard InChI is InChI=1S/C17H18ClF3N2O3/c1-3-26-6-4-5-22-16-13(9(2)24)15(25)11-7-10(18)8-12(14(11)23-16)17(19,20)21/h7-8,13H,3-6H2,1-2H3,(H,22,23). The Morgan fingerprint density at radius 2 is 2.08 bits per heavy atom. The van der Waals surface area contributed by atoms with Crippen LogP contribution in [0.15, 0.2) is 17.1 Å². The van der Waals surface area contributed by atoms with Gasteiger partial charge in [-0.1, -0.05) is 11.6 Å². The molecule has 0 bridgehead atoms. The molecule has 1 aliphatic heterocycles. The Balaban J connectivity index is 2.45. The Morgan fingerprint density at radius 3 is 2.65 bits per heavy atom. The molecule has 2 rings (SSSR count). The van der Waals surface area contributed by atoms with Crippen LogP contribution in [-0.4, -0.2) is 37.2 Å². The number of aliphatic imine (C=N–C) groups is 1. The fourth-order valence-electron chi connectivity index (χ4n) is 2.66. The maximum absolute atomic E-state index is 13.3. The van der Waals surface area contributed by atoms with E-state index in [1.807, 2.05) is 6.92 Å². The van der Waals surface area contributed by atoms with Gasteiger partial charge in [-0.15, -0.1) is 0 Å². The van der Waals surface area contributed by atoms with Crippen LogP contribution in [0.4, 0.5) is 18.9 Å². The third-order valence-corrected chi connectivity index (χ3v) is 4.02. The van der Waals surface area contributed by atoms with Crippen molar-refractivity contribution in [2.24, 2.45) is 10.9 Å². The van der Waals surface area contributed by atoms with Crippen LogP contribution in [0.25, 0.3) is 0 Å². The third-order valence-electron chi connectivity index (χ3n) is 3.80. The number of carbonyl (C=O) groups excluding carboxylic acids is 2. The lowest BCUT2D eigenvalue weighted by Gasteiger charge is -2.28. The van der Waals surface area contributed by atoms with Crippen LogP contribution in [0.3, 0.4) is 0 Å². The van der Waals surface area contributed by atoms with Gasteiger partial charge in [-0.3, -0.25) is 14.6 Å². The molecule has 1 heterocycles. The second-order valence-corrected chi connectivity index (χ2v) is 6.16. The first-order chi connectivity index (χ1) is 12.2. The molecule has 0 fully saturated rings. The molecular formula is C17H18ClF3N2O3. The molecule has 0 saturated carbocycles. The molecule has 1 unspecified atom stereocenters. The average molecular weight is 391 g/mol. The Labute approximate surface area is 153 Å². The molecule has 0 spiro atoms. The molecule has 0 amide bonds. The summed E-state index contributed by atoms with van der Waals surface area (Å²) in [6, 6.07) is 1.87. The van der Waals surface area contributed by atoms with Crippen molar-refractivity contribution in [2.45, 2.75) is 26.4 Å². The van der Waals surface area contributed by atoms with Gasteiger partial charge in [0.2, 0.25) is 0 Å². The summed E-state index contributed by atoms with van der Waals surface area (Å²) in [4.78, 5) is 28.7. The number of Topliss-reactive ketones (excluding diaryl/α,β-unsaturated/α-hetero) is 2. The predicted molar refractivity (Wildman–Crippen MR) is 92.0 cm³/mol. The quantitative estimate of drug-likeness (QED) is 0.589. The van der Waals surface area contributed by atoms with E-state index in [2.05, 4.69) is 10.3 Å². The van der Waals surface area contributed by atoms with Gasteiger partial charge in [-0.05, 0) is 32.4 Å².